The maximum atomic E-state index is 3.84. The summed E-state index contributed by atoms with van der Waals surface area (Å²) in [6.07, 6.45) is 6.28. The number of nitrogens with one attached hydrogen (secondary N) is 2. The summed E-state index contributed by atoms with van der Waals surface area (Å²) in [4.78, 5) is 0. The third-order valence-electron chi connectivity index (χ3n) is 5.17. The molecule has 2 nitrogen and oxygen atoms in total. The third-order valence-corrected chi connectivity index (χ3v) is 5.17. The summed E-state index contributed by atoms with van der Waals surface area (Å²) in [5.74, 6) is 0.622. The monoisotopic (exact) mass is 322 g/mol. The summed E-state index contributed by atoms with van der Waals surface area (Å²) >= 11 is 0. The Balaban J connectivity index is 1.93. The minimum atomic E-state index is 0.381. The van der Waals surface area contributed by atoms with Crippen LogP contribution in [-0.4, -0.2) is 6.04 Å². The van der Waals surface area contributed by atoms with Gasteiger partial charge in [-0.2, -0.15) is 0 Å². The largest absolute Gasteiger partial charge is 0.382 e. The van der Waals surface area contributed by atoms with Crippen LogP contribution in [0.4, 0.5) is 11.4 Å². The predicted octanol–water partition coefficient (Wildman–Crippen LogP) is 6.24. The Bertz CT molecular complexity index is 623. The second-order valence-electron chi connectivity index (χ2n) is 6.92. The van der Waals surface area contributed by atoms with E-state index in [0.29, 0.717) is 18.0 Å². The first-order valence-electron chi connectivity index (χ1n) is 9.50. The standard InChI is InChI=1S/C22H30N2/c1-3-5-15-20-18(11-4-2)22(23-17-12-7-6-8-13-17)19-14-9-10-16-21(19)24-20/h6-10,12-14,16,18,20,22-24H,3-5,11,15H2,1-2H3. The van der Waals surface area contributed by atoms with E-state index in [0.717, 1.165) is 0 Å². The van der Waals surface area contributed by atoms with Crippen LogP contribution >= 0.6 is 0 Å². The first-order valence-corrected chi connectivity index (χ1v) is 9.50. The molecule has 0 saturated carbocycles. The number of hydrogen-bond donors (Lipinski definition) is 2. The zero-order valence-electron chi connectivity index (χ0n) is 15.0. The van der Waals surface area contributed by atoms with Crippen LogP contribution in [0.25, 0.3) is 0 Å². The average Bonchev–Trinajstić information content (AvgIpc) is 2.63. The Morgan fingerprint density at radius 3 is 2.38 bits per heavy atom. The quantitative estimate of drug-likeness (QED) is 0.630. The average molecular weight is 322 g/mol. The van der Waals surface area contributed by atoms with Crippen molar-refractivity contribution < 1.29 is 0 Å². The minimum Gasteiger partial charge on any atom is -0.382 e. The lowest BCUT2D eigenvalue weighted by atomic mass is 9.78. The maximum absolute atomic E-state index is 3.84. The molecule has 3 atom stereocenters. The van der Waals surface area contributed by atoms with Crippen LogP contribution in [0.15, 0.2) is 54.6 Å². The van der Waals surface area contributed by atoms with E-state index in [-0.39, 0.29) is 0 Å². The van der Waals surface area contributed by atoms with Crippen LogP contribution < -0.4 is 10.6 Å². The van der Waals surface area contributed by atoms with Gasteiger partial charge in [-0.1, -0.05) is 69.5 Å². The van der Waals surface area contributed by atoms with Gasteiger partial charge in [-0.05, 0) is 36.6 Å². The highest BCUT2D eigenvalue weighted by molar-refractivity contribution is 5.59. The highest BCUT2D eigenvalue weighted by Gasteiger charge is 2.35. The molecule has 0 aromatic heterocycles. The zero-order valence-corrected chi connectivity index (χ0v) is 15.0. The van der Waals surface area contributed by atoms with E-state index in [9.17, 15) is 0 Å². The number of hydrogen-bond acceptors (Lipinski definition) is 2. The fourth-order valence-electron chi connectivity index (χ4n) is 3.98. The normalized spacial score (nSPS) is 22.5. The van der Waals surface area contributed by atoms with Gasteiger partial charge in [0.05, 0.1) is 6.04 Å². The molecule has 2 aromatic rings. The van der Waals surface area contributed by atoms with Gasteiger partial charge in [0.2, 0.25) is 0 Å². The number of para-hydroxylation sites is 2. The van der Waals surface area contributed by atoms with Gasteiger partial charge < -0.3 is 10.6 Å². The molecule has 1 aliphatic rings. The molecule has 2 heteroatoms. The second-order valence-corrected chi connectivity index (χ2v) is 6.92. The lowest BCUT2D eigenvalue weighted by Gasteiger charge is -2.42. The third kappa shape index (κ3) is 3.75. The summed E-state index contributed by atoms with van der Waals surface area (Å²) < 4.78 is 0. The molecule has 3 rings (SSSR count). The van der Waals surface area contributed by atoms with Crippen LogP contribution in [0, 0.1) is 5.92 Å². The van der Waals surface area contributed by atoms with Gasteiger partial charge in [-0.25, -0.2) is 0 Å². The summed E-state index contributed by atoms with van der Waals surface area (Å²) in [6, 6.07) is 20.4. The smallest absolute Gasteiger partial charge is 0.0581 e. The molecule has 0 radical (unpaired) electrons. The minimum absolute atomic E-state index is 0.381. The SMILES string of the molecule is CCCCC1Nc2ccccc2C(Nc2ccccc2)C1CCC. The lowest BCUT2D eigenvalue weighted by molar-refractivity contribution is 0.331. The first kappa shape index (κ1) is 16.9. The van der Waals surface area contributed by atoms with Crippen LogP contribution in [-0.2, 0) is 0 Å². The van der Waals surface area contributed by atoms with E-state index in [1.807, 2.05) is 0 Å². The zero-order chi connectivity index (χ0) is 16.8. The van der Waals surface area contributed by atoms with E-state index in [4.69, 9.17) is 0 Å². The fourth-order valence-corrected chi connectivity index (χ4v) is 3.98. The summed E-state index contributed by atoms with van der Waals surface area (Å²) in [7, 11) is 0. The molecular formula is C22H30N2. The van der Waals surface area contributed by atoms with Crippen molar-refractivity contribution in [2.75, 3.05) is 10.6 Å². The Morgan fingerprint density at radius 1 is 0.875 bits per heavy atom. The molecule has 0 amide bonds. The van der Waals surface area contributed by atoms with Crippen LogP contribution in [0.1, 0.15) is 57.6 Å². The van der Waals surface area contributed by atoms with E-state index >= 15 is 0 Å². The first-order chi connectivity index (χ1) is 11.8. The van der Waals surface area contributed by atoms with Crippen LogP contribution in [0.5, 0.6) is 0 Å². The lowest BCUT2D eigenvalue weighted by Crippen LogP contribution is -2.40. The van der Waals surface area contributed by atoms with Gasteiger partial charge >= 0.3 is 0 Å². The number of rotatable bonds is 7. The van der Waals surface area contributed by atoms with Gasteiger partial charge in [-0.15, -0.1) is 0 Å². The Hall–Kier alpha value is -1.96. The molecule has 0 aliphatic carbocycles. The van der Waals surface area contributed by atoms with Gasteiger partial charge in [0.25, 0.3) is 0 Å². The molecule has 1 heterocycles. The summed E-state index contributed by atoms with van der Waals surface area (Å²) in [5.41, 5.74) is 3.93. The van der Waals surface area contributed by atoms with Crippen molar-refractivity contribution in [3.8, 4) is 0 Å². The predicted molar refractivity (Wildman–Crippen MR) is 105 cm³/mol. The molecule has 0 spiro atoms. The van der Waals surface area contributed by atoms with Gasteiger partial charge in [0.1, 0.15) is 0 Å². The fraction of sp³-hybridized carbons (Fsp3) is 0.455. The van der Waals surface area contributed by atoms with Crippen molar-refractivity contribution in [1.82, 2.24) is 0 Å². The van der Waals surface area contributed by atoms with Crippen LogP contribution in [0.2, 0.25) is 0 Å². The number of unbranched alkanes of at least 4 members (excludes halogenated alkanes) is 1. The summed E-state index contributed by atoms with van der Waals surface area (Å²) in [6.45, 7) is 4.59. The Labute approximate surface area is 146 Å². The van der Waals surface area contributed by atoms with E-state index in [1.165, 1.54) is 49.0 Å². The topological polar surface area (TPSA) is 24.1 Å². The highest BCUT2D eigenvalue weighted by atomic mass is 15.0. The van der Waals surface area contributed by atoms with Crippen LogP contribution in [0.3, 0.4) is 0 Å². The Kier molecular flexibility index (Phi) is 5.79. The summed E-state index contributed by atoms with van der Waals surface area (Å²) in [5, 5.41) is 7.68. The molecule has 0 saturated heterocycles. The Morgan fingerprint density at radius 2 is 1.62 bits per heavy atom. The highest BCUT2D eigenvalue weighted by Crippen LogP contribution is 2.42. The molecule has 2 N–H and O–H groups in total. The molecule has 128 valence electrons. The molecular weight excluding hydrogens is 292 g/mol. The van der Waals surface area contributed by atoms with E-state index < -0.39 is 0 Å². The van der Waals surface area contributed by atoms with Gasteiger partial charge in [0.15, 0.2) is 0 Å². The molecule has 0 bridgehead atoms. The van der Waals surface area contributed by atoms with Crippen molar-refractivity contribution in [2.24, 2.45) is 5.92 Å². The molecule has 0 fully saturated rings. The number of anilines is 2. The second kappa shape index (κ2) is 8.23. The van der Waals surface area contributed by atoms with Gasteiger partial charge in [0, 0.05) is 23.3 Å². The molecule has 2 aromatic carbocycles. The van der Waals surface area contributed by atoms with Crippen molar-refractivity contribution >= 4 is 11.4 Å². The van der Waals surface area contributed by atoms with E-state index in [1.54, 1.807) is 0 Å². The maximum Gasteiger partial charge on any atom is 0.0581 e. The van der Waals surface area contributed by atoms with Crippen molar-refractivity contribution in [1.29, 1.82) is 0 Å². The van der Waals surface area contributed by atoms with E-state index in [2.05, 4.69) is 79.1 Å². The number of benzene rings is 2. The van der Waals surface area contributed by atoms with Gasteiger partial charge in [-0.3, -0.25) is 0 Å². The molecule has 3 unspecified atom stereocenters. The molecule has 1 aliphatic heterocycles. The van der Waals surface area contributed by atoms with Crippen molar-refractivity contribution in [2.45, 2.75) is 58.0 Å². The number of fused-ring (bicyclic) bond motifs is 1. The van der Waals surface area contributed by atoms with Crippen molar-refractivity contribution in [3.05, 3.63) is 60.2 Å². The van der Waals surface area contributed by atoms with Crippen molar-refractivity contribution in [3.63, 3.8) is 0 Å². The molecule has 24 heavy (non-hydrogen) atoms.